The van der Waals surface area contributed by atoms with Crippen molar-refractivity contribution in [2.75, 3.05) is 20.3 Å². The van der Waals surface area contributed by atoms with Crippen LogP contribution in [0.15, 0.2) is 0 Å². The summed E-state index contributed by atoms with van der Waals surface area (Å²) in [6, 6.07) is -0.167. The molecule has 98 valence electrons. The van der Waals surface area contributed by atoms with Gasteiger partial charge < -0.3 is 14.9 Å². The molecule has 0 spiro atoms. The smallest absolute Gasteiger partial charge is 0.320 e. The Morgan fingerprint density at radius 2 is 2.00 bits per heavy atom. The summed E-state index contributed by atoms with van der Waals surface area (Å²) >= 11 is 0. The molecule has 0 unspecified atom stereocenters. The summed E-state index contributed by atoms with van der Waals surface area (Å²) in [6.45, 7) is 0.697. The summed E-state index contributed by atoms with van der Waals surface area (Å²) in [5, 5.41) is 17.3. The van der Waals surface area contributed by atoms with E-state index in [-0.39, 0.29) is 25.1 Å². The monoisotopic (exact) mass is 245 g/mol. The minimum atomic E-state index is -0.867. The van der Waals surface area contributed by atoms with Crippen LogP contribution in [0.4, 0.5) is 0 Å². The Bertz CT molecular complexity index is 281. The molecule has 0 saturated carbocycles. The van der Waals surface area contributed by atoms with E-state index in [9.17, 15) is 9.59 Å². The Morgan fingerprint density at radius 3 is 2.53 bits per heavy atom. The third kappa shape index (κ3) is 4.32. The summed E-state index contributed by atoms with van der Waals surface area (Å²) in [5.74, 6) is -1.64. The van der Waals surface area contributed by atoms with Gasteiger partial charge in [0.25, 0.3) is 0 Å². The number of carboxylic acids is 2. The van der Waals surface area contributed by atoms with Crippen LogP contribution in [0.25, 0.3) is 0 Å². The fourth-order valence-electron chi connectivity index (χ4n) is 2.14. The van der Waals surface area contributed by atoms with Crippen molar-refractivity contribution in [2.45, 2.75) is 37.8 Å². The van der Waals surface area contributed by atoms with E-state index in [1.54, 1.807) is 0 Å². The average molecular weight is 245 g/mol. The van der Waals surface area contributed by atoms with Crippen LogP contribution in [0, 0.1) is 0 Å². The molecule has 1 heterocycles. The molecule has 0 radical (unpaired) electrons. The van der Waals surface area contributed by atoms with Crippen LogP contribution < -0.4 is 0 Å². The molecule has 0 aliphatic carbocycles. The first kappa shape index (κ1) is 13.9. The van der Waals surface area contributed by atoms with Crippen LogP contribution in [-0.2, 0) is 14.3 Å². The Kier molecular flexibility index (Phi) is 5.37. The van der Waals surface area contributed by atoms with E-state index >= 15 is 0 Å². The number of aliphatic carboxylic acids is 2. The van der Waals surface area contributed by atoms with Crippen LogP contribution in [0.2, 0.25) is 0 Å². The molecular weight excluding hydrogens is 226 g/mol. The van der Waals surface area contributed by atoms with Gasteiger partial charge in [-0.1, -0.05) is 0 Å². The van der Waals surface area contributed by atoms with Crippen molar-refractivity contribution in [3.05, 3.63) is 0 Å². The molecule has 17 heavy (non-hydrogen) atoms. The molecule has 1 fully saturated rings. The van der Waals surface area contributed by atoms with Crippen LogP contribution in [0.5, 0.6) is 0 Å². The molecule has 0 amide bonds. The fraction of sp³-hybridized carbons (Fsp3) is 0.818. The number of likely N-dealkylation sites (tertiary alicyclic amines) is 1. The van der Waals surface area contributed by atoms with Gasteiger partial charge in [-0.05, 0) is 26.3 Å². The second-order valence-electron chi connectivity index (χ2n) is 4.30. The largest absolute Gasteiger partial charge is 0.481 e. The number of rotatable bonds is 7. The maximum Gasteiger partial charge on any atom is 0.320 e. The van der Waals surface area contributed by atoms with E-state index in [0.29, 0.717) is 13.0 Å². The van der Waals surface area contributed by atoms with Crippen molar-refractivity contribution in [3.63, 3.8) is 0 Å². The molecule has 1 rings (SSSR count). The molecule has 1 saturated heterocycles. The van der Waals surface area contributed by atoms with E-state index in [1.807, 2.05) is 11.9 Å². The van der Waals surface area contributed by atoms with Gasteiger partial charge in [-0.25, -0.2) is 0 Å². The number of likely N-dealkylation sites (N-methyl/N-ethyl adjacent to an activating group) is 1. The quantitative estimate of drug-likeness (QED) is 0.632. The normalized spacial score (nSPS) is 25.0. The molecule has 2 N–H and O–H groups in total. The molecule has 0 aromatic rings. The van der Waals surface area contributed by atoms with Gasteiger partial charge >= 0.3 is 11.9 Å². The van der Waals surface area contributed by atoms with Crippen molar-refractivity contribution >= 4 is 11.9 Å². The third-order valence-electron chi connectivity index (χ3n) is 3.18. The van der Waals surface area contributed by atoms with Gasteiger partial charge in [-0.3, -0.25) is 14.5 Å². The number of carboxylic acid groups (broad SMARTS) is 2. The zero-order valence-corrected chi connectivity index (χ0v) is 9.96. The number of hydrogen-bond donors (Lipinski definition) is 2. The third-order valence-corrected chi connectivity index (χ3v) is 3.18. The van der Waals surface area contributed by atoms with Crippen LogP contribution in [0.1, 0.15) is 25.7 Å². The SMILES string of the molecule is CN1[C@H](CCOCCC(=O)O)CC[C@H]1C(=O)O. The lowest BCUT2D eigenvalue weighted by molar-refractivity contribution is -0.142. The number of carbonyl (C=O) groups is 2. The van der Waals surface area contributed by atoms with Gasteiger partial charge in [0.1, 0.15) is 6.04 Å². The predicted octanol–water partition coefficient (Wildman–Crippen LogP) is 0.415. The van der Waals surface area contributed by atoms with Crippen molar-refractivity contribution in [1.29, 1.82) is 0 Å². The summed E-state index contributed by atoms with van der Waals surface area (Å²) in [5.41, 5.74) is 0. The average Bonchev–Trinajstić information content (AvgIpc) is 2.59. The van der Waals surface area contributed by atoms with E-state index in [2.05, 4.69) is 0 Å². The van der Waals surface area contributed by atoms with Gasteiger partial charge in [0, 0.05) is 12.6 Å². The van der Waals surface area contributed by atoms with Crippen LogP contribution >= 0.6 is 0 Å². The van der Waals surface area contributed by atoms with Gasteiger partial charge in [-0.15, -0.1) is 0 Å². The second-order valence-corrected chi connectivity index (χ2v) is 4.30. The minimum Gasteiger partial charge on any atom is -0.481 e. The van der Waals surface area contributed by atoms with E-state index in [1.165, 1.54) is 0 Å². The highest BCUT2D eigenvalue weighted by atomic mass is 16.5. The molecule has 6 heteroatoms. The first-order chi connectivity index (χ1) is 8.02. The predicted molar refractivity (Wildman–Crippen MR) is 59.9 cm³/mol. The van der Waals surface area contributed by atoms with Gasteiger partial charge in [-0.2, -0.15) is 0 Å². The minimum absolute atomic E-state index is 0.0122. The molecular formula is C11H19NO5. The number of nitrogens with zero attached hydrogens (tertiary/aromatic N) is 1. The van der Waals surface area contributed by atoms with Crippen molar-refractivity contribution in [1.82, 2.24) is 4.90 Å². The van der Waals surface area contributed by atoms with E-state index in [0.717, 1.165) is 12.8 Å². The zero-order valence-electron chi connectivity index (χ0n) is 9.96. The van der Waals surface area contributed by atoms with Crippen molar-refractivity contribution in [3.8, 4) is 0 Å². The lowest BCUT2D eigenvalue weighted by Gasteiger charge is -2.22. The first-order valence-electron chi connectivity index (χ1n) is 5.76. The topological polar surface area (TPSA) is 87.1 Å². The highest BCUT2D eigenvalue weighted by Gasteiger charge is 2.34. The van der Waals surface area contributed by atoms with Crippen molar-refractivity contribution < 1.29 is 24.5 Å². The summed E-state index contributed by atoms with van der Waals surface area (Å²) in [6.07, 6.45) is 2.29. The van der Waals surface area contributed by atoms with Gasteiger partial charge in [0.15, 0.2) is 0 Å². The molecule has 6 nitrogen and oxygen atoms in total. The lowest BCUT2D eigenvalue weighted by atomic mass is 10.1. The maximum atomic E-state index is 10.9. The van der Waals surface area contributed by atoms with Crippen LogP contribution in [-0.4, -0.2) is 59.4 Å². The van der Waals surface area contributed by atoms with E-state index < -0.39 is 11.9 Å². The fourth-order valence-corrected chi connectivity index (χ4v) is 2.14. The highest BCUT2D eigenvalue weighted by Crippen LogP contribution is 2.24. The van der Waals surface area contributed by atoms with Crippen LogP contribution in [0.3, 0.4) is 0 Å². The molecule has 2 atom stereocenters. The number of hydrogen-bond acceptors (Lipinski definition) is 4. The zero-order chi connectivity index (χ0) is 12.8. The second kappa shape index (κ2) is 6.56. The molecule has 1 aliphatic rings. The Balaban J connectivity index is 2.16. The first-order valence-corrected chi connectivity index (χ1v) is 5.76. The standard InChI is InChI=1S/C11H19NO5/c1-12-8(2-3-9(12)11(15)16)4-6-17-7-5-10(13)14/h8-9H,2-7H2,1H3,(H,13,14)(H,15,16)/t8-,9-/m0/s1. The van der Waals surface area contributed by atoms with Crippen molar-refractivity contribution in [2.24, 2.45) is 0 Å². The number of ether oxygens (including phenoxy) is 1. The Hall–Kier alpha value is -1.14. The highest BCUT2D eigenvalue weighted by molar-refractivity contribution is 5.73. The maximum absolute atomic E-state index is 10.9. The Morgan fingerprint density at radius 1 is 1.29 bits per heavy atom. The lowest BCUT2D eigenvalue weighted by Crippen LogP contribution is -2.37. The summed E-state index contributed by atoms with van der Waals surface area (Å²) < 4.78 is 5.20. The van der Waals surface area contributed by atoms with Gasteiger partial charge in [0.2, 0.25) is 0 Å². The van der Waals surface area contributed by atoms with E-state index in [4.69, 9.17) is 14.9 Å². The molecule has 1 aliphatic heterocycles. The summed E-state index contributed by atoms with van der Waals surface area (Å²) in [4.78, 5) is 23.0. The van der Waals surface area contributed by atoms with Gasteiger partial charge in [0.05, 0.1) is 13.0 Å². The molecule has 0 aromatic heterocycles. The summed E-state index contributed by atoms with van der Waals surface area (Å²) in [7, 11) is 1.81. The molecule has 0 bridgehead atoms. The molecule has 0 aromatic carbocycles. The Labute approximate surface area is 100 Å².